The minimum atomic E-state index is -0.706. The molecular formula is C24H21N5O5. The molecule has 0 aliphatic carbocycles. The van der Waals surface area contributed by atoms with Gasteiger partial charge in [0.05, 0.1) is 5.69 Å². The third-order valence-electron chi connectivity index (χ3n) is 6.02. The second kappa shape index (κ2) is 8.14. The van der Waals surface area contributed by atoms with Crippen molar-refractivity contribution in [3.05, 3.63) is 59.3 Å². The lowest BCUT2D eigenvalue weighted by Gasteiger charge is -2.29. The number of rotatable bonds is 4. The van der Waals surface area contributed by atoms with E-state index in [2.05, 4.69) is 20.9 Å². The number of benzene rings is 2. The largest absolute Gasteiger partial charge is 0.349 e. The molecule has 1 fully saturated rings. The van der Waals surface area contributed by atoms with Gasteiger partial charge in [-0.2, -0.15) is 0 Å². The summed E-state index contributed by atoms with van der Waals surface area (Å²) >= 11 is 0. The molecule has 2 aliphatic rings. The topological polar surface area (TPSA) is 140 Å². The van der Waals surface area contributed by atoms with E-state index in [1.165, 1.54) is 11.8 Å². The zero-order valence-electron chi connectivity index (χ0n) is 18.2. The minimum Gasteiger partial charge on any atom is -0.349 e. The molecule has 3 aromatic rings. The maximum absolute atomic E-state index is 13.1. The predicted octanol–water partition coefficient (Wildman–Crippen LogP) is 2.14. The summed E-state index contributed by atoms with van der Waals surface area (Å²) in [5.74, 6) is -1.86. The first-order valence-electron chi connectivity index (χ1n) is 10.8. The van der Waals surface area contributed by atoms with Crippen LogP contribution in [0.5, 0.6) is 0 Å². The minimum absolute atomic E-state index is 0.180. The van der Waals surface area contributed by atoms with Crippen LogP contribution in [0.4, 0.5) is 11.4 Å². The van der Waals surface area contributed by atoms with Gasteiger partial charge >= 0.3 is 0 Å². The van der Waals surface area contributed by atoms with Crippen LogP contribution in [0.25, 0.3) is 10.9 Å². The fourth-order valence-corrected chi connectivity index (χ4v) is 4.46. The monoisotopic (exact) mass is 459 g/mol. The average Bonchev–Trinajstić information content (AvgIpc) is 3.31. The van der Waals surface area contributed by atoms with E-state index in [9.17, 15) is 24.0 Å². The number of aromatic nitrogens is 1. The van der Waals surface area contributed by atoms with Crippen LogP contribution in [0.2, 0.25) is 0 Å². The van der Waals surface area contributed by atoms with E-state index in [0.29, 0.717) is 33.4 Å². The average molecular weight is 459 g/mol. The fraction of sp³-hybridized carbons (Fsp3) is 0.208. The number of para-hydroxylation sites is 1. The van der Waals surface area contributed by atoms with E-state index in [-0.39, 0.29) is 42.8 Å². The Balaban J connectivity index is 1.38. The molecule has 2 aliphatic heterocycles. The number of fused-ring (bicyclic) bond motifs is 2. The van der Waals surface area contributed by atoms with Crippen molar-refractivity contribution in [1.29, 1.82) is 0 Å². The van der Waals surface area contributed by atoms with Crippen LogP contribution in [-0.4, -0.2) is 45.5 Å². The van der Waals surface area contributed by atoms with E-state index < -0.39 is 17.9 Å². The molecule has 4 N–H and O–H groups in total. The smallest absolute Gasteiger partial charge is 0.274 e. The highest BCUT2D eigenvalue weighted by Crippen LogP contribution is 2.31. The van der Waals surface area contributed by atoms with Crippen molar-refractivity contribution in [3.8, 4) is 0 Å². The lowest BCUT2D eigenvalue weighted by atomic mass is 10.0. The summed E-state index contributed by atoms with van der Waals surface area (Å²) in [7, 11) is 0. The lowest BCUT2D eigenvalue weighted by molar-refractivity contribution is -0.137. The second-order valence-electron chi connectivity index (χ2n) is 8.33. The molecule has 0 radical (unpaired) electrons. The molecule has 172 valence electrons. The van der Waals surface area contributed by atoms with Crippen molar-refractivity contribution >= 4 is 51.8 Å². The number of aromatic amines is 1. The number of carbonyl (C=O) groups excluding carboxylic acids is 5. The van der Waals surface area contributed by atoms with Crippen molar-refractivity contribution in [2.24, 2.45) is 0 Å². The Hall–Kier alpha value is -4.47. The summed E-state index contributed by atoms with van der Waals surface area (Å²) in [4.78, 5) is 65.8. The fourth-order valence-electron chi connectivity index (χ4n) is 4.46. The number of hydrogen-bond acceptors (Lipinski definition) is 5. The molecule has 0 saturated carbocycles. The molecule has 10 heteroatoms. The summed E-state index contributed by atoms with van der Waals surface area (Å²) in [6, 6.07) is 11.5. The number of carbonyl (C=O) groups is 5. The number of H-pyrrole nitrogens is 1. The van der Waals surface area contributed by atoms with Gasteiger partial charge in [0.25, 0.3) is 11.8 Å². The normalized spacial score (nSPS) is 17.5. The Labute approximate surface area is 193 Å². The lowest BCUT2D eigenvalue weighted by Crippen LogP contribution is -2.52. The molecule has 1 atom stereocenters. The Kier molecular flexibility index (Phi) is 5.12. The van der Waals surface area contributed by atoms with Gasteiger partial charge in [-0.3, -0.25) is 29.3 Å². The van der Waals surface area contributed by atoms with Gasteiger partial charge in [0.2, 0.25) is 17.7 Å². The van der Waals surface area contributed by atoms with E-state index in [0.717, 1.165) is 0 Å². The predicted molar refractivity (Wildman–Crippen MR) is 123 cm³/mol. The Bertz CT molecular complexity index is 1390. The molecule has 3 heterocycles. The molecule has 2 aromatic carbocycles. The quantitative estimate of drug-likeness (QED) is 0.443. The zero-order valence-corrected chi connectivity index (χ0v) is 18.2. The number of nitrogens with one attached hydrogen (secondary N) is 4. The van der Waals surface area contributed by atoms with Crippen molar-refractivity contribution < 1.29 is 24.0 Å². The first-order valence-corrected chi connectivity index (χ1v) is 10.8. The third-order valence-corrected chi connectivity index (χ3v) is 6.02. The summed E-state index contributed by atoms with van der Waals surface area (Å²) < 4.78 is 0. The third kappa shape index (κ3) is 3.68. The first kappa shape index (κ1) is 21.4. The molecule has 1 saturated heterocycles. The van der Waals surface area contributed by atoms with Crippen LogP contribution >= 0.6 is 0 Å². The summed E-state index contributed by atoms with van der Waals surface area (Å²) in [5, 5.41) is 8.51. The number of hydrogen-bond donors (Lipinski definition) is 4. The van der Waals surface area contributed by atoms with Crippen molar-refractivity contribution in [2.45, 2.75) is 32.4 Å². The summed E-state index contributed by atoms with van der Waals surface area (Å²) in [6.45, 7) is 1.57. The molecule has 34 heavy (non-hydrogen) atoms. The maximum atomic E-state index is 13.1. The molecule has 5 amide bonds. The van der Waals surface area contributed by atoms with Gasteiger partial charge in [0.15, 0.2) is 0 Å². The van der Waals surface area contributed by atoms with Crippen LogP contribution < -0.4 is 16.0 Å². The van der Waals surface area contributed by atoms with Gasteiger partial charge in [0, 0.05) is 42.0 Å². The molecule has 0 spiro atoms. The van der Waals surface area contributed by atoms with E-state index in [4.69, 9.17) is 0 Å². The van der Waals surface area contributed by atoms with E-state index in [1.807, 2.05) is 18.2 Å². The SMILES string of the molecule is CC(=O)Nc1c(C(=O)Nc2ccc3c(c2)CN(C2CCC(=O)NC2=O)C3=O)[nH]c2ccccc12. The van der Waals surface area contributed by atoms with Gasteiger partial charge < -0.3 is 20.5 Å². The number of piperidine rings is 1. The number of imide groups is 1. The summed E-state index contributed by atoms with van der Waals surface area (Å²) in [6.07, 6.45) is 0.458. The zero-order chi connectivity index (χ0) is 24.0. The summed E-state index contributed by atoms with van der Waals surface area (Å²) in [5.41, 5.74) is 2.89. The highest BCUT2D eigenvalue weighted by molar-refractivity contribution is 6.16. The van der Waals surface area contributed by atoms with Crippen LogP contribution in [0.15, 0.2) is 42.5 Å². The number of anilines is 2. The van der Waals surface area contributed by atoms with Crippen molar-refractivity contribution in [2.75, 3.05) is 10.6 Å². The van der Waals surface area contributed by atoms with Crippen molar-refractivity contribution in [3.63, 3.8) is 0 Å². The number of nitrogens with zero attached hydrogens (tertiary/aromatic N) is 1. The molecule has 1 aromatic heterocycles. The first-order chi connectivity index (χ1) is 16.3. The molecule has 10 nitrogen and oxygen atoms in total. The van der Waals surface area contributed by atoms with Crippen LogP contribution in [-0.2, 0) is 20.9 Å². The van der Waals surface area contributed by atoms with Gasteiger partial charge in [-0.25, -0.2) is 0 Å². The molecule has 5 rings (SSSR count). The molecule has 1 unspecified atom stereocenters. The van der Waals surface area contributed by atoms with Crippen molar-refractivity contribution in [1.82, 2.24) is 15.2 Å². The Morgan fingerprint density at radius 1 is 1.06 bits per heavy atom. The van der Waals surface area contributed by atoms with Gasteiger partial charge in [0.1, 0.15) is 11.7 Å². The van der Waals surface area contributed by atoms with E-state index in [1.54, 1.807) is 24.3 Å². The van der Waals surface area contributed by atoms with Gasteiger partial charge in [-0.05, 0) is 36.2 Å². The number of amides is 5. The highest BCUT2D eigenvalue weighted by atomic mass is 16.2. The molecular weight excluding hydrogens is 438 g/mol. The maximum Gasteiger partial charge on any atom is 0.274 e. The van der Waals surface area contributed by atoms with Gasteiger partial charge in [-0.15, -0.1) is 0 Å². The van der Waals surface area contributed by atoms with Gasteiger partial charge in [-0.1, -0.05) is 18.2 Å². The second-order valence-corrected chi connectivity index (χ2v) is 8.33. The van der Waals surface area contributed by atoms with E-state index >= 15 is 0 Å². The molecule has 0 bridgehead atoms. The van der Waals surface area contributed by atoms with Crippen LogP contribution in [0, 0.1) is 0 Å². The van der Waals surface area contributed by atoms with Crippen LogP contribution in [0.3, 0.4) is 0 Å². The van der Waals surface area contributed by atoms with Crippen LogP contribution in [0.1, 0.15) is 46.2 Å². The standard InChI is InChI=1S/C24H21N5O5/c1-12(30)25-20-16-4-2-3-5-17(16)27-21(20)23(33)26-14-6-7-15-13(10-14)11-29(24(15)34)18-8-9-19(31)28-22(18)32/h2-7,10,18,27H,8-9,11H2,1H3,(H,25,30)(H,26,33)(H,28,31,32). The highest BCUT2D eigenvalue weighted by Gasteiger charge is 2.39. The Morgan fingerprint density at radius 2 is 1.85 bits per heavy atom. The Morgan fingerprint density at radius 3 is 2.62 bits per heavy atom.